The normalized spacial score (nSPS) is 17.4. The second-order valence-electron chi connectivity index (χ2n) is 7.72. The maximum atomic E-state index is 13.2. The van der Waals surface area contributed by atoms with E-state index < -0.39 is 17.5 Å². The Hall–Kier alpha value is -3.99. The molecule has 1 atom stereocenters. The Kier molecular flexibility index (Phi) is 5.99. The van der Waals surface area contributed by atoms with Crippen molar-refractivity contribution >= 4 is 23.4 Å². The fraction of sp³-hybridized carbons (Fsp3) is 0.148. The van der Waals surface area contributed by atoms with Gasteiger partial charge >= 0.3 is 11.9 Å². The van der Waals surface area contributed by atoms with Crippen LogP contribution in [0.2, 0.25) is 0 Å². The molecule has 0 aliphatic carbocycles. The fourth-order valence-electron chi connectivity index (χ4n) is 3.78. The zero-order chi connectivity index (χ0) is 22.6. The van der Waals surface area contributed by atoms with Gasteiger partial charge in [0.2, 0.25) is 5.90 Å². The van der Waals surface area contributed by atoms with E-state index in [1.165, 1.54) is 7.11 Å². The first-order valence-electron chi connectivity index (χ1n) is 10.3. The summed E-state index contributed by atoms with van der Waals surface area (Å²) in [4.78, 5) is 29.7. The molecule has 5 heteroatoms. The Bertz CT molecular complexity index is 1170. The molecule has 5 nitrogen and oxygen atoms in total. The maximum absolute atomic E-state index is 13.2. The van der Waals surface area contributed by atoms with Crippen LogP contribution in [0.5, 0.6) is 0 Å². The van der Waals surface area contributed by atoms with Gasteiger partial charge < -0.3 is 9.47 Å². The van der Waals surface area contributed by atoms with E-state index in [1.54, 1.807) is 24.3 Å². The highest BCUT2D eigenvalue weighted by Gasteiger charge is 2.46. The van der Waals surface area contributed by atoms with Crippen LogP contribution in [-0.4, -0.2) is 30.5 Å². The van der Waals surface area contributed by atoms with Crippen LogP contribution >= 0.6 is 0 Å². The summed E-state index contributed by atoms with van der Waals surface area (Å²) in [5, 5.41) is 0. The smallest absolute Gasteiger partial charge is 0.341 e. The van der Waals surface area contributed by atoms with Crippen molar-refractivity contribution in [1.82, 2.24) is 0 Å². The molecule has 1 unspecified atom stereocenters. The van der Waals surface area contributed by atoms with Crippen LogP contribution in [0.4, 0.5) is 0 Å². The molecule has 0 saturated carbocycles. The second-order valence-corrected chi connectivity index (χ2v) is 7.72. The molecule has 3 aromatic carbocycles. The minimum atomic E-state index is -1.12. The lowest BCUT2D eigenvalue weighted by Gasteiger charge is -2.23. The Morgan fingerprint density at radius 1 is 0.938 bits per heavy atom. The summed E-state index contributed by atoms with van der Waals surface area (Å²) >= 11 is 0. The number of rotatable bonds is 7. The van der Waals surface area contributed by atoms with Gasteiger partial charge in [-0.25, -0.2) is 14.6 Å². The molecule has 0 radical (unpaired) electrons. The molecular weight excluding hydrogens is 402 g/mol. The van der Waals surface area contributed by atoms with Crippen LogP contribution in [0.25, 0.3) is 5.57 Å². The number of esters is 2. The predicted molar refractivity (Wildman–Crippen MR) is 123 cm³/mol. The summed E-state index contributed by atoms with van der Waals surface area (Å²) in [7, 11) is 1.34. The van der Waals surface area contributed by atoms with Gasteiger partial charge in [-0.2, -0.15) is 0 Å². The van der Waals surface area contributed by atoms with Crippen LogP contribution in [-0.2, 0) is 20.7 Å². The number of hydrogen-bond donors (Lipinski definition) is 0. The summed E-state index contributed by atoms with van der Waals surface area (Å²) in [5.41, 5.74) is 2.62. The molecule has 160 valence electrons. The van der Waals surface area contributed by atoms with Crippen molar-refractivity contribution in [3.05, 3.63) is 114 Å². The first-order valence-corrected chi connectivity index (χ1v) is 10.3. The number of methoxy groups -OCH3 is 1. The van der Waals surface area contributed by atoms with Crippen LogP contribution in [0, 0.1) is 0 Å². The molecule has 3 aromatic rings. The number of ether oxygens (including phenoxy) is 2. The van der Waals surface area contributed by atoms with Gasteiger partial charge in [0.05, 0.1) is 12.7 Å². The monoisotopic (exact) mass is 425 g/mol. The molecule has 0 bridgehead atoms. The summed E-state index contributed by atoms with van der Waals surface area (Å²) < 4.78 is 10.4. The Balaban J connectivity index is 1.67. The maximum Gasteiger partial charge on any atom is 0.341 e. The number of hydrogen-bond acceptors (Lipinski definition) is 5. The van der Waals surface area contributed by atoms with Gasteiger partial charge in [-0.15, -0.1) is 0 Å². The highest BCUT2D eigenvalue weighted by Crippen LogP contribution is 2.36. The number of carbonyl (C=O) groups excluding carboxylic acids is 2. The third-order valence-electron chi connectivity index (χ3n) is 5.47. The summed E-state index contributed by atoms with van der Waals surface area (Å²) in [6.45, 7) is 4.21. The number of cyclic esters (lactones) is 1. The molecule has 0 aromatic heterocycles. The van der Waals surface area contributed by atoms with Gasteiger partial charge in [-0.3, -0.25) is 0 Å². The second kappa shape index (κ2) is 9.02. The van der Waals surface area contributed by atoms with E-state index in [-0.39, 0.29) is 6.42 Å². The Morgan fingerprint density at radius 3 is 2.16 bits per heavy atom. The first-order chi connectivity index (χ1) is 15.5. The van der Waals surface area contributed by atoms with Crippen molar-refractivity contribution in [2.45, 2.75) is 18.4 Å². The van der Waals surface area contributed by atoms with E-state index in [1.807, 2.05) is 60.7 Å². The number of benzene rings is 3. The highest BCUT2D eigenvalue weighted by molar-refractivity contribution is 6.08. The standard InChI is InChI=1S/C27H23NO4/c1-19(21-13-15-23(16-14-21)25(29)31-2)17-27(18-20-9-5-3-6-10-20)26(30)32-24(28-27)22-11-7-4-8-12-22/h3-16H,1,17-18H2,2H3. The van der Waals surface area contributed by atoms with Crippen molar-refractivity contribution < 1.29 is 19.1 Å². The average Bonchev–Trinajstić information content (AvgIpc) is 3.15. The molecule has 1 heterocycles. The lowest BCUT2D eigenvalue weighted by atomic mass is 9.84. The van der Waals surface area contributed by atoms with Crippen LogP contribution in [0.15, 0.2) is 96.5 Å². The highest BCUT2D eigenvalue weighted by atomic mass is 16.6. The van der Waals surface area contributed by atoms with Gasteiger partial charge in [0, 0.05) is 18.4 Å². The molecular formula is C27H23NO4. The zero-order valence-corrected chi connectivity index (χ0v) is 17.8. The Labute approximate surface area is 187 Å². The van der Waals surface area contributed by atoms with Gasteiger partial charge in [0.1, 0.15) is 0 Å². The lowest BCUT2D eigenvalue weighted by Crippen LogP contribution is -2.36. The predicted octanol–water partition coefficient (Wildman–Crippen LogP) is 4.86. The minimum Gasteiger partial charge on any atom is -0.465 e. The quantitative estimate of drug-likeness (QED) is 0.507. The van der Waals surface area contributed by atoms with Crippen molar-refractivity contribution in [2.75, 3.05) is 7.11 Å². The summed E-state index contributed by atoms with van der Waals surface area (Å²) in [6, 6.07) is 26.1. The molecule has 0 fully saturated rings. The number of aliphatic imine (C=N–C) groups is 1. The number of nitrogens with zero attached hydrogens (tertiary/aromatic N) is 1. The fourth-order valence-corrected chi connectivity index (χ4v) is 3.78. The summed E-state index contributed by atoms with van der Waals surface area (Å²) in [6.07, 6.45) is 0.677. The molecule has 4 rings (SSSR count). The van der Waals surface area contributed by atoms with Crippen molar-refractivity contribution in [1.29, 1.82) is 0 Å². The largest absolute Gasteiger partial charge is 0.465 e. The van der Waals surface area contributed by atoms with E-state index in [2.05, 4.69) is 6.58 Å². The van der Waals surface area contributed by atoms with Crippen LogP contribution in [0.3, 0.4) is 0 Å². The van der Waals surface area contributed by atoms with Gasteiger partial charge in [-0.05, 0) is 41.0 Å². The Morgan fingerprint density at radius 2 is 1.53 bits per heavy atom. The topological polar surface area (TPSA) is 65.0 Å². The van der Waals surface area contributed by atoms with Crippen molar-refractivity contribution in [3.8, 4) is 0 Å². The molecule has 0 saturated heterocycles. The molecule has 32 heavy (non-hydrogen) atoms. The van der Waals surface area contributed by atoms with E-state index in [9.17, 15) is 9.59 Å². The van der Waals surface area contributed by atoms with Crippen LogP contribution in [0.1, 0.15) is 33.5 Å². The van der Waals surface area contributed by atoms with E-state index in [4.69, 9.17) is 14.5 Å². The third kappa shape index (κ3) is 4.37. The third-order valence-corrected chi connectivity index (χ3v) is 5.47. The van der Waals surface area contributed by atoms with E-state index in [0.29, 0.717) is 17.9 Å². The zero-order valence-electron chi connectivity index (χ0n) is 17.8. The lowest BCUT2D eigenvalue weighted by molar-refractivity contribution is -0.138. The van der Waals surface area contributed by atoms with Crippen LogP contribution < -0.4 is 0 Å². The molecule has 1 aliphatic rings. The van der Waals surface area contributed by atoms with Gasteiger partial charge in [-0.1, -0.05) is 67.2 Å². The molecule has 0 N–H and O–H groups in total. The average molecular weight is 425 g/mol. The van der Waals surface area contributed by atoms with Crippen molar-refractivity contribution in [3.63, 3.8) is 0 Å². The molecule has 1 aliphatic heterocycles. The molecule has 0 spiro atoms. The van der Waals surface area contributed by atoms with E-state index in [0.717, 1.165) is 22.3 Å². The number of carbonyl (C=O) groups is 2. The van der Waals surface area contributed by atoms with Crippen molar-refractivity contribution in [2.24, 2.45) is 4.99 Å². The molecule has 0 amide bonds. The summed E-state index contributed by atoms with van der Waals surface area (Å²) in [5.74, 6) is -0.480. The minimum absolute atomic E-state index is 0.286. The van der Waals surface area contributed by atoms with E-state index >= 15 is 0 Å². The first kappa shape index (κ1) is 21.2. The van der Waals surface area contributed by atoms with Gasteiger partial charge in [0.15, 0.2) is 5.54 Å². The SMILES string of the molecule is C=C(CC1(Cc2ccccc2)N=C(c2ccccc2)OC1=O)c1ccc(C(=O)OC)cc1. The van der Waals surface area contributed by atoms with Gasteiger partial charge in [0.25, 0.3) is 0 Å².